The SMILES string of the molecule is COc1ccc(OCCNc2ccc(C(=O)NC3CCCC3)cn2)cc1. The van der Waals surface area contributed by atoms with Crippen LogP contribution in [0.15, 0.2) is 42.6 Å². The van der Waals surface area contributed by atoms with E-state index >= 15 is 0 Å². The Morgan fingerprint density at radius 3 is 2.50 bits per heavy atom. The van der Waals surface area contributed by atoms with Gasteiger partial charge < -0.3 is 20.1 Å². The van der Waals surface area contributed by atoms with E-state index < -0.39 is 0 Å². The molecule has 0 spiro atoms. The molecule has 1 aromatic heterocycles. The lowest BCUT2D eigenvalue weighted by molar-refractivity contribution is 0.0937. The molecule has 0 atom stereocenters. The van der Waals surface area contributed by atoms with Crippen LogP contribution in [0.4, 0.5) is 5.82 Å². The maximum absolute atomic E-state index is 12.2. The van der Waals surface area contributed by atoms with Gasteiger partial charge in [-0.3, -0.25) is 4.79 Å². The van der Waals surface area contributed by atoms with E-state index in [-0.39, 0.29) is 5.91 Å². The normalized spacial score (nSPS) is 14.0. The number of nitrogens with zero attached hydrogens (tertiary/aromatic N) is 1. The monoisotopic (exact) mass is 355 g/mol. The van der Waals surface area contributed by atoms with Crippen molar-refractivity contribution >= 4 is 11.7 Å². The number of ether oxygens (including phenoxy) is 2. The molecule has 6 heteroatoms. The van der Waals surface area contributed by atoms with Gasteiger partial charge in [0.05, 0.1) is 19.2 Å². The Hall–Kier alpha value is -2.76. The number of carbonyl (C=O) groups is 1. The number of pyridine rings is 1. The summed E-state index contributed by atoms with van der Waals surface area (Å²) in [6, 6.07) is 11.4. The second-order valence-electron chi connectivity index (χ2n) is 6.34. The van der Waals surface area contributed by atoms with E-state index in [0.717, 1.165) is 30.2 Å². The molecular weight excluding hydrogens is 330 g/mol. The molecular formula is C20H25N3O3. The van der Waals surface area contributed by atoms with Crippen LogP contribution in [0.25, 0.3) is 0 Å². The Morgan fingerprint density at radius 1 is 1.12 bits per heavy atom. The molecule has 2 aromatic rings. The van der Waals surface area contributed by atoms with Crippen LogP contribution >= 0.6 is 0 Å². The Bertz CT molecular complexity index is 695. The molecule has 0 radical (unpaired) electrons. The molecule has 1 aromatic carbocycles. The first-order valence-electron chi connectivity index (χ1n) is 9.02. The smallest absolute Gasteiger partial charge is 0.253 e. The number of hydrogen-bond donors (Lipinski definition) is 2. The highest BCUT2D eigenvalue weighted by Gasteiger charge is 2.17. The highest BCUT2D eigenvalue weighted by Crippen LogP contribution is 2.18. The number of carbonyl (C=O) groups excluding carboxylic acids is 1. The van der Waals surface area contributed by atoms with Gasteiger partial charge in [-0.05, 0) is 49.2 Å². The predicted octanol–water partition coefficient (Wildman–Crippen LogP) is 3.25. The van der Waals surface area contributed by atoms with E-state index in [4.69, 9.17) is 9.47 Å². The zero-order valence-electron chi connectivity index (χ0n) is 15.0. The fourth-order valence-corrected chi connectivity index (χ4v) is 2.99. The van der Waals surface area contributed by atoms with E-state index in [1.165, 1.54) is 12.8 Å². The largest absolute Gasteiger partial charge is 0.497 e. The molecule has 1 aliphatic carbocycles. The summed E-state index contributed by atoms with van der Waals surface area (Å²) in [5.74, 6) is 2.27. The number of benzene rings is 1. The second-order valence-corrected chi connectivity index (χ2v) is 6.34. The van der Waals surface area contributed by atoms with Gasteiger partial charge in [0, 0.05) is 12.2 Å². The van der Waals surface area contributed by atoms with Gasteiger partial charge in [-0.15, -0.1) is 0 Å². The summed E-state index contributed by atoms with van der Waals surface area (Å²) in [6.07, 6.45) is 6.16. The molecule has 0 saturated heterocycles. The summed E-state index contributed by atoms with van der Waals surface area (Å²) in [5, 5.41) is 6.25. The van der Waals surface area contributed by atoms with Gasteiger partial charge in [0.1, 0.15) is 23.9 Å². The summed E-state index contributed by atoms with van der Waals surface area (Å²) >= 11 is 0. The topological polar surface area (TPSA) is 72.5 Å². The number of rotatable bonds is 8. The third-order valence-corrected chi connectivity index (χ3v) is 4.45. The third kappa shape index (κ3) is 5.12. The van der Waals surface area contributed by atoms with E-state index in [2.05, 4.69) is 15.6 Å². The standard InChI is InChI=1S/C20H25N3O3/c1-25-17-7-9-18(10-8-17)26-13-12-21-19-11-6-15(14-22-19)20(24)23-16-4-2-3-5-16/h6-11,14,16H,2-5,12-13H2,1H3,(H,21,22)(H,23,24). The van der Waals surface area contributed by atoms with Crippen molar-refractivity contribution in [2.45, 2.75) is 31.7 Å². The highest BCUT2D eigenvalue weighted by molar-refractivity contribution is 5.94. The quantitative estimate of drug-likeness (QED) is 0.711. The molecule has 0 unspecified atom stereocenters. The van der Waals surface area contributed by atoms with Crippen molar-refractivity contribution in [1.29, 1.82) is 0 Å². The summed E-state index contributed by atoms with van der Waals surface area (Å²) < 4.78 is 10.8. The molecule has 1 fully saturated rings. The van der Waals surface area contributed by atoms with Crippen LogP contribution in [-0.2, 0) is 0 Å². The molecule has 2 N–H and O–H groups in total. The molecule has 3 rings (SSSR count). The minimum atomic E-state index is -0.0428. The predicted molar refractivity (Wildman–Crippen MR) is 101 cm³/mol. The first-order chi connectivity index (χ1) is 12.7. The van der Waals surface area contributed by atoms with Crippen LogP contribution in [0.3, 0.4) is 0 Å². The lowest BCUT2D eigenvalue weighted by Crippen LogP contribution is -2.32. The Kier molecular flexibility index (Phi) is 6.30. The molecule has 1 heterocycles. The Labute approximate surface area is 153 Å². The van der Waals surface area contributed by atoms with Gasteiger partial charge >= 0.3 is 0 Å². The lowest BCUT2D eigenvalue weighted by Gasteiger charge is -2.12. The lowest BCUT2D eigenvalue weighted by atomic mass is 10.2. The molecule has 1 saturated carbocycles. The van der Waals surface area contributed by atoms with Gasteiger partial charge in [0.2, 0.25) is 0 Å². The molecule has 1 amide bonds. The number of anilines is 1. The molecule has 6 nitrogen and oxygen atoms in total. The van der Waals surface area contributed by atoms with Gasteiger partial charge in [-0.25, -0.2) is 4.98 Å². The molecule has 26 heavy (non-hydrogen) atoms. The first kappa shape index (κ1) is 18.0. The van der Waals surface area contributed by atoms with E-state index in [1.54, 1.807) is 19.4 Å². The van der Waals surface area contributed by atoms with Crippen molar-refractivity contribution in [2.24, 2.45) is 0 Å². The molecule has 0 aliphatic heterocycles. The Morgan fingerprint density at radius 2 is 1.85 bits per heavy atom. The number of hydrogen-bond acceptors (Lipinski definition) is 5. The summed E-state index contributed by atoms with van der Waals surface area (Å²) in [6.45, 7) is 1.13. The van der Waals surface area contributed by atoms with E-state index in [9.17, 15) is 4.79 Å². The number of nitrogens with one attached hydrogen (secondary N) is 2. The number of methoxy groups -OCH3 is 1. The minimum Gasteiger partial charge on any atom is -0.497 e. The van der Waals surface area contributed by atoms with Crippen LogP contribution in [0.5, 0.6) is 11.5 Å². The van der Waals surface area contributed by atoms with Crippen molar-refractivity contribution in [2.75, 3.05) is 25.6 Å². The van der Waals surface area contributed by atoms with Gasteiger partial charge in [0.15, 0.2) is 0 Å². The average molecular weight is 355 g/mol. The summed E-state index contributed by atoms with van der Waals surface area (Å²) in [5.41, 5.74) is 0.594. The second kappa shape index (κ2) is 9.08. The van der Waals surface area contributed by atoms with Crippen molar-refractivity contribution in [3.63, 3.8) is 0 Å². The van der Waals surface area contributed by atoms with Crippen molar-refractivity contribution in [1.82, 2.24) is 10.3 Å². The van der Waals surface area contributed by atoms with Gasteiger partial charge in [-0.1, -0.05) is 12.8 Å². The van der Waals surface area contributed by atoms with Crippen molar-refractivity contribution < 1.29 is 14.3 Å². The summed E-state index contributed by atoms with van der Waals surface area (Å²) in [7, 11) is 1.64. The maximum atomic E-state index is 12.2. The average Bonchev–Trinajstić information content (AvgIpc) is 3.19. The zero-order valence-corrected chi connectivity index (χ0v) is 15.0. The number of amides is 1. The fraction of sp³-hybridized carbons (Fsp3) is 0.400. The molecule has 0 bridgehead atoms. The van der Waals surface area contributed by atoms with Crippen LogP contribution in [0.2, 0.25) is 0 Å². The summed E-state index contributed by atoms with van der Waals surface area (Å²) in [4.78, 5) is 16.5. The first-order valence-corrected chi connectivity index (χ1v) is 9.02. The highest BCUT2D eigenvalue weighted by atomic mass is 16.5. The van der Waals surface area contributed by atoms with Gasteiger partial charge in [0.25, 0.3) is 5.91 Å². The molecule has 138 valence electrons. The van der Waals surface area contributed by atoms with Crippen LogP contribution < -0.4 is 20.1 Å². The van der Waals surface area contributed by atoms with E-state index in [0.29, 0.717) is 24.8 Å². The van der Waals surface area contributed by atoms with Crippen molar-refractivity contribution in [3.05, 3.63) is 48.2 Å². The van der Waals surface area contributed by atoms with Crippen LogP contribution in [0, 0.1) is 0 Å². The third-order valence-electron chi connectivity index (χ3n) is 4.45. The van der Waals surface area contributed by atoms with Gasteiger partial charge in [-0.2, -0.15) is 0 Å². The van der Waals surface area contributed by atoms with E-state index in [1.807, 2.05) is 30.3 Å². The van der Waals surface area contributed by atoms with Crippen LogP contribution in [-0.4, -0.2) is 37.2 Å². The van der Waals surface area contributed by atoms with Crippen LogP contribution in [0.1, 0.15) is 36.0 Å². The fourth-order valence-electron chi connectivity index (χ4n) is 2.99. The zero-order chi connectivity index (χ0) is 18.2. The maximum Gasteiger partial charge on any atom is 0.253 e. The molecule has 1 aliphatic rings. The Balaban J connectivity index is 1.40. The van der Waals surface area contributed by atoms with Crippen molar-refractivity contribution in [3.8, 4) is 11.5 Å². The number of aromatic nitrogens is 1. The minimum absolute atomic E-state index is 0.0428.